The third-order valence-electron chi connectivity index (χ3n) is 4.71. The van der Waals surface area contributed by atoms with Gasteiger partial charge in [-0.05, 0) is 56.4 Å². The fraction of sp³-hybridized carbons (Fsp3) is 0.688. The van der Waals surface area contributed by atoms with Crippen molar-refractivity contribution >= 4 is 24.8 Å². The van der Waals surface area contributed by atoms with E-state index in [1.54, 1.807) is 0 Å². The van der Waals surface area contributed by atoms with Crippen LogP contribution in [0.4, 0.5) is 0 Å². The van der Waals surface area contributed by atoms with Crippen LogP contribution in [0.1, 0.15) is 30.9 Å². The largest absolute Gasteiger partial charge is 0.317 e. The van der Waals surface area contributed by atoms with E-state index in [-0.39, 0.29) is 24.8 Å². The maximum Gasteiger partial charge on any atom is 0.0488 e. The molecule has 0 aliphatic carbocycles. The van der Waals surface area contributed by atoms with Crippen LogP contribution in [0, 0.1) is 5.92 Å². The average molecular weight is 347 g/mol. The molecule has 3 rings (SSSR count). The van der Waals surface area contributed by atoms with Crippen molar-refractivity contribution in [3.8, 4) is 0 Å². The molecule has 0 aromatic carbocycles. The van der Waals surface area contributed by atoms with Gasteiger partial charge in [0.25, 0.3) is 0 Å². The smallest absolute Gasteiger partial charge is 0.0488 e. The molecule has 0 bridgehead atoms. The minimum absolute atomic E-state index is 0. The fourth-order valence-electron chi connectivity index (χ4n) is 3.43. The summed E-state index contributed by atoms with van der Waals surface area (Å²) in [5.74, 6) is 0.917. The summed E-state index contributed by atoms with van der Waals surface area (Å²) in [6.07, 6.45) is 7.93. The summed E-state index contributed by atoms with van der Waals surface area (Å²) in [7, 11) is 0. The molecule has 2 aliphatic heterocycles. The Kier molecular flexibility index (Phi) is 9.29. The first-order valence-corrected chi connectivity index (χ1v) is 7.99. The highest BCUT2D eigenvalue weighted by molar-refractivity contribution is 5.85. The number of nitrogens with zero attached hydrogens (tertiary/aromatic N) is 2. The molecule has 2 aliphatic rings. The SMILES string of the molecule is Cl.Cl.c1cncc(C2CNCCN2CCC2CCNCC2)c1. The first kappa shape index (κ1) is 19.7. The molecule has 0 amide bonds. The van der Waals surface area contributed by atoms with Crippen LogP contribution in [0.2, 0.25) is 0 Å². The molecule has 1 aromatic heterocycles. The predicted molar refractivity (Wildman–Crippen MR) is 96.1 cm³/mol. The Morgan fingerprint density at radius 3 is 2.68 bits per heavy atom. The van der Waals surface area contributed by atoms with E-state index < -0.39 is 0 Å². The van der Waals surface area contributed by atoms with Crippen LogP contribution in [0.5, 0.6) is 0 Å². The monoisotopic (exact) mass is 346 g/mol. The zero-order valence-corrected chi connectivity index (χ0v) is 14.7. The Labute approximate surface area is 146 Å². The van der Waals surface area contributed by atoms with E-state index in [0.717, 1.165) is 25.6 Å². The van der Waals surface area contributed by atoms with Gasteiger partial charge >= 0.3 is 0 Å². The molecule has 1 unspecified atom stereocenters. The highest BCUT2D eigenvalue weighted by Gasteiger charge is 2.24. The highest BCUT2D eigenvalue weighted by Crippen LogP contribution is 2.24. The van der Waals surface area contributed by atoms with Gasteiger partial charge in [-0.2, -0.15) is 0 Å². The van der Waals surface area contributed by atoms with Crippen LogP contribution in [-0.2, 0) is 0 Å². The maximum absolute atomic E-state index is 4.28. The van der Waals surface area contributed by atoms with Gasteiger partial charge in [0.05, 0.1) is 0 Å². The molecule has 0 radical (unpaired) electrons. The topological polar surface area (TPSA) is 40.2 Å². The molecule has 1 atom stereocenters. The summed E-state index contributed by atoms with van der Waals surface area (Å²) in [6.45, 7) is 6.97. The van der Waals surface area contributed by atoms with Gasteiger partial charge in [0.2, 0.25) is 0 Å². The van der Waals surface area contributed by atoms with Crippen LogP contribution in [0.25, 0.3) is 0 Å². The lowest BCUT2D eigenvalue weighted by Gasteiger charge is -2.37. The number of hydrogen-bond donors (Lipinski definition) is 2. The predicted octanol–water partition coefficient (Wildman–Crippen LogP) is 2.26. The van der Waals surface area contributed by atoms with Gasteiger partial charge < -0.3 is 10.6 Å². The Morgan fingerprint density at radius 2 is 1.95 bits per heavy atom. The second kappa shape index (κ2) is 10.4. The molecule has 2 fully saturated rings. The van der Waals surface area contributed by atoms with Gasteiger partial charge in [0.1, 0.15) is 0 Å². The summed E-state index contributed by atoms with van der Waals surface area (Å²) in [5, 5.41) is 6.98. The number of hydrogen-bond acceptors (Lipinski definition) is 4. The van der Waals surface area contributed by atoms with Crippen molar-refractivity contribution in [2.75, 3.05) is 39.3 Å². The van der Waals surface area contributed by atoms with Crippen molar-refractivity contribution in [2.45, 2.75) is 25.3 Å². The number of nitrogens with one attached hydrogen (secondary N) is 2. The molecule has 6 heteroatoms. The zero-order valence-electron chi connectivity index (χ0n) is 13.0. The molecule has 2 saturated heterocycles. The van der Waals surface area contributed by atoms with Crippen molar-refractivity contribution in [1.29, 1.82) is 0 Å². The third-order valence-corrected chi connectivity index (χ3v) is 4.71. The molecule has 0 spiro atoms. The van der Waals surface area contributed by atoms with E-state index in [9.17, 15) is 0 Å². The van der Waals surface area contributed by atoms with Crippen LogP contribution in [0.15, 0.2) is 24.5 Å². The van der Waals surface area contributed by atoms with E-state index >= 15 is 0 Å². The first-order chi connectivity index (χ1) is 9.93. The molecule has 4 nitrogen and oxygen atoms in total. The van der Waals surface area contributed by atoms with Crippen LogP contribution < -0.4 is 10.6 Å². The lowest BCUT2D eigenvalue weighted by Crippen LogP contribution is -2.46. The van der Waals surface area contributed by atoms with Gasteiger partial charge in [-0.15, -0.1) is 24.8 Å². The van der Waals surface area contributed by atoms with Crippen molar-refractivity contribution in [2.24, 2.45) is 5.92 Å². The summed E-state index contributed by atoms with van der Waals surface area (Å²) in [5.41, 5.74) is 1.35. The molecule has 1 aromatic rings. The number of piperidine rings is 1. The van der Waals surface area contributed by atoms with Gasteiger partial charge in [0, 0.05) is 38.1 Å². The first-order valence-electron chi connectivity index (χ1n) is 7.99. The summed E-state index contributed by atoms with van der Waals surface area (Å²) in [4.78, 5) is 6.93. The normalized spacial score (nSPS) is 23.4. The number of rotatable bonds is 4. The minimum atomic E-state index is 0. The molecule has 2 N–H and O–H groups in total. The van der Waals surface area contributed by atoms with E-state index in [1.807, 2.05) is 12.4 Å². The van der Waals surface area contributed by atoms with Gasteiger partial charge in [-0.25, -0.2) is 0 Å². The second-order valence-electron chi connectivity index (χ2n) is 6.02. The molecular formula is C16H28Cl2N4. The fourth-order valence-corrected chi connectivity index (χ4v) is 3.43. The highest BCUT2D eigenvalue weighted by atomic mass is 35.5. The van der Waals surface area contributed by atoms with E-state index in [4.69, 9.17) is 0 Å². The number of halogens is 2. The average Bonchev–Trinajstić information content (AvgIpc) is 2.55. The van der Waals surface area contributed by atoms with Crippen molar-refractivity contribution in [3.05, 3.63) is 30.1 Å². The Hall–Kier alpha value is -0.390. The van der Waals surface area contributed by atoms with Crippen molar-refractivity contribution in [1.82, 2.24) is 20.5 Å². The van der Waals surface area contributed by atoms with Gasteiger partial charge in [-0.3, -0.25) is 9.88 Å². The lowest BCUT2D eigenvalue weighted by atomic mass is 9.93. The standard InChI is InChI=1S/C16H26N4.2ClH/c1-2-15(12-18-6-1)16-13-19-9-11-20(16)10-5-14-3-7-17-8-4-14;;/h1-2,6,12,14,16-17,19H,3-5,7-11,13H2;2*1H. The number of aromatic nitrogens is 1. The lowest BCUT2D eigenvalue weighted by molar-refractivity contribution is 0.146. The minimum Gasteiger partial charge on any atom is -0.317 e. The summed E-state index contributed by atoms with van der Waals surface area (Å²) < 4.78 is 0. The van der Waals surface area contributed by atoms with E-state index in [1.165, 1.54) is 44.5 Å². The summed E-state index contributed by atoms with van der Waals surface area (Å²) in [6, 6.07) is 4.76. The van der Waals surface area contributed by atoms with Gasteiger partial charge in [0.15, 0.2) is 0 Å². The molecule has 3 heterocycles. The zero-order chi connectivity index (χ0) is 13.6. The molecule has 22 heavy (non-hydrogen) atoms. The second-order valence-corrected chi connectivity index (χ2v) is 6.02. The van der Waals surface area contributed by atoms with E-state index in [0.29, 0.717) is 6.04 Å². The third kappa shape index (κ3) is 5.36. The van der Waals surface area contributed by atoms with Crippen LogP contribution in [-0.4, -0.2) is 49.2 Å². The molecule has 0 saturated carbocycles. The van der Waals surface area contributed by atoms with Crippen LogP contribution >= 0.6 is 24.8 Å². The Bertz CT molecular complexity index is 398. The van der Waals surface area contributed by atoms with Crippen molar-refractivity contribution < 1.29 is 0 Å². The van der Waals surface area contributed by atoms with Crippen LogP contribution in [0.3, 0.4) is 0 Å². The Balaban J connectivity index is 0.00000121. The maximum atomic E-state index is 4.28. The quantitative estimate of drug-likeness (QED) is 0.877. The molecular weight excluding hydrogens is 319 g/mol. The van der Waals surface area contributed by atoms with Crippen molar-refractivity contribution in [3.63, 3.8) is 0 Å². The number of piperazine rings is 1. The Morgan fingerprint density at radius 1 is 1.14 bits per heavy atom. The van der Waals surface area contributed by atoms with Gasteiger partial charge in [-0.1, -0.05) is 6.07 Å². The number of pyridine rings is 1. The molecule has 126 valence electrons. The summed E-state index contributed by atoms with van der Waals surface area (Å²) >= 11 is 0. The van der Waals surface area contributed by atoms with E-state index in [2.05, 4.69) is 32.7 Å².